The molecule has 1 aromatic rings. The first-order valence-electron chi connectivity index (χ1n) is 9.39. The summed E-state index contributed by atoms with van der Waals surface area (Å²) in [7, 11) is 3.32. The van der Waals surface area contributed by atoms with Crippen molar-refractivity contribution in [1.82, 2.24) is 5.32 Å². The third-order valence-electron chi connectivity index (χ3n) is 5.73. The number of methoxy groups -OCH3 is 2. The zero-order valence-electron chi connectivity index (χ0n) is 15.6. The van der Waals surface area contributed by atoms with Crippen LogP contribution in [0, 0.1) is 11.3 Å². The topological polar surface area (TPSA) is 75.8 Å². The Balaban J connectivity index is 1.72. The maximum atomic E-state index is 12.6. The molecule has 26 heavy (non-hydrogen) atoms. The zero-order chi connectivity index (χ0) is 18.6. The van der Waals surface area contributed by atoms with Gasteiger partial charge in [0.1, 0.15) is 23.1 Å². The summed E-state index contributed by atoms with van der Waals surface area (Å²) in [6.45, 7) is 1.33. The van der Waals surface area contributed by atoms with Crippen LogP contribution in [0.2, 0.25) is 0 Å². The molecule has 1 saturated carbocycles. The summed E-state index contributed by atoms with van der Waals surface area (Å²) in [6, 6.07) is 8.36. The molecule has 2 aliphatic rings. The van der Waals surface area contributed by atoms with E-state index in [4.69, 9.17) is 9.47 Å². The Morgan fingerprint density at radius 2 is 2.08 bits per heavy atom. The van der Waals surface area contributed by atoms with Crippen LogP contribution < -0.4 is 19.7 Å². The van der Waals surface area contributed by atoms with Crippen LogP contribution in [0.1, 0.15) is 50.1 Å². The molecule has 2 fully saturated rings. The number of carbonyl (C=O) groups excluding carboxylic acids is 1. The van der Waals surface area contributed by atoms with Crippen molar-refractivity contribution in [2.75, 3.05) is 27.3 Å². The third kappa shape index (κ3) is 3.78. The van der Waals surface area contributed by atoms with E-state index in [1.807, 2.05) is 18.2 Å². The number of hydrogen-bond acceptors (Lipinski definition) is 4. The summed E-state index contributed by atoms with van der Waals surface area (Å²) < 4.78 is 10.9. The summed E-state index contributed by atoms with van der Waals surface area (Å²) in [6.07, 6.45) is 5.62. The second-order valence-corrected chi connectivity index (χ2v) is 7.34. The third-order valence-corrected chi connectivity index (χ3v) is 5.73. The first kappa shape index (κ1) is 18.5. The summed E-state index contributed by atoms with van der Waals surface area (Å²) in [5.41, 5.74) is 0.433. The highest BCUT2D eigenvalue weighted by Crippen LogP contribution is 2.32. The van der Waals surface area contributed by atoms with Gasteiger partial charge < -0.3 is 19.7 Å². The number of nitriles is 1. The molecule has 0 aromatic heterocycles. The van der Waals surface area contributed by atoms with Gasteiger partial charge in [0.2, 0.25) is 0 Å². The van der Waals surface area contributed by atoms with E-state index in [-0.39, 0.29) is 11.9 Å². The van der Waals surface area contributed by atoms with Crippen molar-refractivity contribution in [3.63, 3.8) is 0 Å². The van der Waals surface area contributed by atoms with Gasteiger partial charge in [-0.05, 0) is 43.9 Å². The number of rotatable bonds is 6. The Bertz CT molecular complexity index is 692. The Kier molecular flexibility index (Phi) is 5.67. The molecule has 2 N–H and O–H groups in total. The lowest BCUT2D eigenvalue weighted by atomic mass is 10.00. The number of nitrogens with zero attached hydrogens (tertiary/aromatic N) is 1. The molecule has 1 saturated heterocycles. The van der Waals surface area contributed by atoms with Gasteiger partial charge in [0, 0.05) is 12.8 Å². The van der Waals surface area contributed by atoms with Crippen molar-refractivity contribution in [3.8, 4) is 17.6 Å². The molecule has 0 spiro atoms. The van der Waals surface area contributed by atoms with E-state index in [0.717, 1.165) is 62.1 Å². The van der Waals surface area contributed by atoms with E-state index in [1.165, 1.54) is 4.90 Å². The van der Waals surface area contributed by atoms with Crippen molar-refractivity contribution in [2.24, 2.45) is 0 Å². The molecule has 3 rings (SSSR count). The van der Waals surface area contributed by atoms with E-state index >= 15 is 0 Å². The van der Waals surface area contributed by atoms with Crippen LogP contribution >= 0.6 is 0 Å². The van der Waals surface area contributed by atoms with Gasteiger partial charge in [-0.15, -0.1) is 0 Å². The normalized spacial score (nSPS) is 24.0. The molecule has 2 atom stereocenters. The molecule has 1 aliphatic carbocycles. The van der Waals surface area contributed by atoms with Gasteiger partial charge in [-0.2, -0.15) is 5.26 Å². The summed E-state index contributed by atoms with van der Waals surface area (Å²) in [4.78, 5) is 13.9. The highest BCUT2D eigenvalue weighted by Gasteiger charge is 2.38. The SMILES string of the molecule is COc1ccc(OC)c([C@@H]2CCC[NH+]2CC(=O)NC2(C#N)CCCC2)c1. The van der Waals surface area contributed by atoms with E-state index in [1.54, 1.807) is 14.2 Å². The monoisotopic (exact) mass is 358 g/mol. The standard InChI is InChI=1S/C20H27N3O3/c1-25-15-7-8-18(26-2)16(12-15)17-6-5-11-23(17)13-19(24)22-20(14-21)9-3-4-10-20/h7-8,12,17H,3-6,9-11,13H2,1-2H3,(H,22,24)/p+1/t17-/m0/s1. The first-order chi connectivity index (χ1) is 12.6. The highest BCUT2D eigenvalue weighted by atomic mass is 16.5. The Labute approximate surface area is 155 Å². The van der Waals surface area contributed by atoms with Gasteiger partial charge in [0.15, 0.2) is 6.54 Å². The Hall–Kier alpha value is -2.26. The molecule has 6 nitrogen and oxygen atoms in total. The van der Waals surface area contributed by atoms with Crippen molar-refractivity contribution in [2.45, 2.75) is 50.1 Å². The number of ether oxygens (including phenoxy) is 2. The Morgan fingerprint density at radius 1 is 1.31 bits per heavy atom. The number of carbonyl (C=O) groups is 1. The average molecular weight is 358 g/mol. The fourth-order valence-electron chi connectivity index (χ4n) is 4.37. The molecular formula is C20H28N3O3+. The molecule has 1 unspecified atom stereocenters. The number of likely N-dealkylation sites (tertiary alicyclic amines) is 1. The minimum atomic E-state index is -0.653. The lowest BCUT2D eigenvalue weighted by molar-refractivity contribution is -0.910. The first-order valence-corrected chi connectivity index (χ1v) is 9.39. The van der Waals surface area contributed by atoms with Gasteiger partial charge in [-0.3, -0.25) is 4.79 Å². The lowest BCUT2D eigenvalue weighted by Crippen LogP contribution is -3.11. The number of hydrogen-bond donors (Lipinski definition) is 2. The van der Waals surface area contributed by atoms with Gasteiger partial charge in [0.05, 0.1) is 32.4 Å². The molecular weight excluding hydrogens is 330 g/mol. The average Bonchev–Trinajstić information content (AvgIpc) is 3.31. The van der Waals surface area contributed by atoms with Crippen LogP contribution in [0.5, 0.6) is 11.5 Å². The van der Waals surface area contributed by atoms with Crippen molar-refractivity contribution in [1.29, 1.82) is 5.26 Å². The second kappa shape index (κ2) is 7.96. The number of benzene rings is 1. The molecule has 0 bridgehead atoms. The van der Waals surface area contributed by atoms with Crippen molar-refractivity contribution in [3.05, 3.63) is 23.8 Å². The van der Waals surface area contributed by atoms with Crippen LogP contribution in [0.15, 0.2) is 18.2 Å². The zero-order valence-corrected chi connectivity index (χ0v) is 15.6. The van der Waals surface area contributed by atoms with Crippen LogP contribution in [-0.2, 0) is 4.79 Å². The van der Waals surface area contributed by atoms with Crippen LogP contribution in [0.4, 0.5) is 0 Å². The van der Waals surface area contributed by atoms with Crippen LogP contribution in [-0.4, -0.2) is 38.8 Å². The van der Waals surface area contributed by atoms with Gasteiger partial charge in [-0.1, -0.05) is 0 Å². The largest absolute Gasteiger partial charge is 0.497 e. The summed E-state index contributed by atoms with van der Waals surface area (Å²) in [5, 5.41) is 12.5. The quantitative estimate of drug-likeness (QED) is 0.805. The summed E-state index contributed by atoms with van der Waals surface area (Å²) >= 11 is 0. The molecule has 1 aromatic carbocycles. The van der Waals surface area contributed by atoms with Crippen molar-refractivity contribution >= 4 is 5.91 Å². The van der Waals surface area contributed by atoms with E-state index in [0.29, 0.717) is 6.54 Å². The number of nitrogens with one attached hydrogen (secondary N) is 2. The maximum Gasteiger partial charge on any atom is 0.276 e. The fourth-order valence-corrected chi connectivity index (χ4v) is 4.37. The molecule has 140 valence electrons. The second-order valence-electron chi connectivity index (χ2n) is 7.34. The number of quaternary nitrogens is 1. The minimum Gasteiger partial charge on any atom is -0.497 e. The predicted molar refractivity (Wildman–Crippen MR) is 97.2 cm³/mol. The fraction of sp³-hybridized carbons (Fsp3) is 0.600. The smallest absolute Gasteiger partial charge is 0.276 e. The predicted octanol–water partition coefficient (Wildman–Crippen LogP) is 1.38. The molecule has 6 heteroatoms. The number of amides is 1. The molecule has 1 aliphatic heterocycles. The van der Waals surface area contributed by atoms with Gasteiger partial charge in [-0.25, -0.2) is 0 Å². The molecule has 1 heterocycles. The van der Waals surface area contributed by atoms with E-state index in [9.17, 15) is 10.1 Å². The molecule has 0 radical (unpaired) electrons. The molecule has 1 amide bonds. The van der Waals surface area contributed by atoms with Gasteiger partial charge in [0.25, 0.3) is 5.91 Å². The van der Waals surface area contributed by atoms with Crippen LogP contribution in [0.3, 0.4) is 0 Å². The maximum absolute atomic E-state index is 12.6. The van der Waals surface area contributed by atoms with E-state index in [2.05, 4.69) is 11.4 Å². The van der Waals surface area contributed by atoms with Crippen LogP contribution in [0.25, 0.3) is 0 Å². The van der Waals surface area contributed by atoms with Crippen molar-refractivity contribution < 1.29 is 19.2 Å². The highest BCUT2D eigenvalue weighted by molar-refractivity contribution is 5.78. The Morgan fingerprint density at radius 3 is 2.73 bits per heavy atom. The lowest BCUT2D eigenvalue weighted by Gasteiger charge is -2.26. The minimum absolute atomic E-state index is 0.0304. The summed E-state index contributed by atoms with van der Waals surface area (Å²) in [5.74, 6) is 1.60. The van der Waals surface area contributed by atoms with E-state index < -0.39 is 5.54 Å². The van der Waals surface area contributed by atoms with Gasteiger partial charge >= 0.3 is 0 Å².